The maximum absolute atomic E-state index is 6.18. The van der Waals surface area contributed by atoms with Crippen LogP contribution in [0.5, 0.6) is 0 Å². The Morgan fingerprint density at radius 2 is 1.55 bits per heavy atom. The van der Waals surface area contributed by atoms with Crippen molar-refractivity contribution in [1.82, 2.24) is 15.0 Å². The third-order valence-electron chi connectivity index (χ3n) is 2.78. The molecule has 0 spiro atoms. The minimum Gasteiger partial charge on any atom is -0.217 e. The van der Waals surface area contributed by atoms with Crippen LogP contribution < -0.4 is 0 Å². The van der Waals surface area contributed by atoms with Crippen LogP contribution in [-0.4, -0.2) is 15.0 Å². The van der Waals surface area contributed by atoms with E-state index in [0.717, 1.165) is 11.1 Å². The molecule has 2 aromatic carbocycles. The minimum absolute atomic E-state index is 0.516. The second kappa shape index (κ2) is 5.57. The molecule has 3 rings (SSSR count). The van der Waals surface area contributed by atoms with Crippen molar-refractivity contribution in [2.45, 2.75) is 0 Å². The van der Waals surface area contributed by atoms with Gasteiger partial charge in [0.25, 0.3) is 0 Å². The fraction of sp³-hybridized carbons (Fsp3) is 0. The molecule has 98 valence electrons. The summed E-state index contributed by atoms with van der Waals surface area (Å²) >= 11 is 12.1. The summed E-state index contributed by atoms with van der Waals surface area (Å²) < 4.78 is 0. The van der Waals surface area contributed by atoms with Gasteiger partial charge in [-0.1, -0.05) is 53.5 Å². The van der Waals surface area contributed by atoms with E-state index in [-0.39, 0.29) is 0 Å². The molecule has 0 aliphatic carbocycles. The van der Waals surface area contributed by atoms with Crippen LogP contribution in [0, 0.1) is 0 Å². The van der Waals surface area contributed by atoms with Crippen molar-refractivity contribution in [3.63, 3.8) is 0 Å². The van der Waals surface area contributed by atoms with Crippen molar-refractivity contribution in [2.24, 2.45) is 0 Å². The van der Waals surface area contributed by atoms with Gasteiger partial charge in [-0.3, -0.25) is 0 Å². The second-order valence-electron chi connectivity index (χ2n) is 4.12. The van der Waals surface area contributed by atoms with Gasteiger partial charge in [0, 0.05) is 16.1 Å². The zero-order chi connectivity index (χ0) is 13.9. The van der Waals surface area contributed by atoms with E-state index in [2.05, 4.69) is 15.0 Å². The first-order valence-electron chi connectivity index (χ1n) is 5.94. The molecular formula is C15H9Cl2N3. The SMILES string of the molecule is Clc1ccc(-c2ncnc(-c3ccccc3)n2)c(Cl)c1. The number of hydrogen-bond acceptors (Lipinski definition) is 3. The second-order valence-corrected chi connectivity index (χ2v) is 4.97. The quantitative estimate of drug-likeness (QED) is 0.699. The van der Waals surface area contributed by atoms with Gasteiger partial charge in [0.15, 0.2) is 11.6 Å². The normalized spacial score (nSPS) is 10.5. The van der Waals surface area contributed by atoms with Crippen molar-refractivity contribution in [2.75, 3.05) is 0 Å². The Morgan fingerprint density at radius 1 is 0.800 bits per heavy atom. The van der Waals surface area contributed by atoms with Crippen LogP contribution in [0.4, 0.5) is 0 Å². The maximum Gasteiger partial charge on any atom is 0.164 e. The monoisotopic (exact) mass is 301 g/mol. The molecule has 0 bridgehead atoms. The average Bonchev–Trinajstić information content (AvgIpc) is 2.48. The molecule has 20 heavy (non-hydrogen) atoms. The third kappa shape index (κ3) is 2.64. The van der Waals surface area contributed by atoms with Crippen LogP contribution in [0.1, 0.15) is 0 Å². The molecule has 0 saturated carbocycles. The minimum atomic E-state index is 0.516. The molecular weight excluding hydrogens is 293 g/mol. The fourth-order valence-corrected chi connectivity index (χ4v) is 2.32. The van der Waals surface area contributed by atoms with Gasteiger partial charge in [-0.2, -0.15) is 0 Å². The van der Waals surface area contributed by atoms with Gasteiger partial charge in [-0.25, -0.2) is 15.0 Å². The summed E-state index contributed by atoms with van der Waals surface area (Å²) in [7, 11) is 0. The van der Waals surface area contributed by atoms with Crippen molar-refractivity contribution in [3.8, 4) is 22.8 Å². The molecule has 1 aromatic heterocycles. The van der Waals surface area contributed by atoms with Gasteiger partial charge in [-0.05, 0) is 18.2 Å². The van der Waals surface area contributed by atoms with Crippen LogP contribution in [0.2, 0.25) is 10.0 Å². The van der Waals surface area contributed by atoms with E-state index >= 15 is 0 Å². The van der Waals surface area contributed by atoms with Crippen LogP contribution in [0.15, 0.2) is 54.9 Å². The summed E-state index contributed by atoms with van der Waals surface area (Å²) in [6.07, 6.45) is 1.48. The number of halogens is 2. The van der Waals surface area contributed by atoms with Crippen LogP contribution in [0.3, 0.4) is 0 Å². The number of rotatable bonds is 2. The largest absolute Gasteiger partial charge is 0.217 e. The Balaban J connectivity index is 2.08. The summed E-state index contributed by atoms with van der Waals surface area (Å²) in [6, 6.07) is 14.9. The lowest BCUT2D eigenvalue weighted by Crippen LogP contribution is -1.95. The molecule has 0 fully saturated rings. The Kier molecular flexibility index (Phi) is 3.63. The summed E-state index contributed by atoms with van der Waals surface area (Å²) in [6.45, 7) is 0. The Bertz CT molecular complexity index is 745. The van der Waals surface area contributed by atoms with Crippen molar-refractivity contribution in [3.05, 3.63) is 64.9 Å². The van der Waals surface area contributed by atoms with Crippen molar-refractivity contribution >= 4 is 23.2 Å². The fourth-order valence-electron chi connectivity index (χ4n) is 1.82. The predicted octanol–water partition coefficient (Wildman–Crippen LogP) is 4.51. The highest BCUT2D eigenvalue weighted by molar-refractivity contribution is 6.36. The molecule has 3 aromatic rings. The lowest BCUT2D eigenvalue weighted by molar-refractivity contribution is 1.07. The van der Waals surface area contributed by atoms with Gasteiger partial charge in [-0.15, -0.1) is 0 Å². The third-order valence-corrected chi connectivity index (χ3v) is 3.32. The zero-order valence-electron chi connectivity index (χ0n) is 10.3. The molecule has 0 aliphatic heterocycles. The molecule has 0 aliphatic rings. The Labute approximate surface area is 126 Å². The van der Waals surface area contributed by atoms with Gasteiger partial charge in [0.05, 0.1) is 5.02 Å². The van der Waals surface area contributed by atoms with Gasteiger partial charge in [0.2, 0.25) is 0 Å². The van der Waals surface area contributed by atoms with Gasteiger partial charge in [0.1, 0.15) is 6.33 Å². The molecule has 5 heteroatoms. The summed E-state index contributed by atoms with van der Waals surface area (Å²) in [5, 5.41) is 1.10. The lowest BCUT2D eigenvalue weighted by atomic mass is 10.2. The molecule has 0 N–H and O–H groups in total. The Hall–Kier alpha value is -1.97. The van der Waals surface area contributed by atoms with Gasteiger partial charge >= 0.3 is 0 Å². The van der Waals surface area contributed by atoms with Crippen LogP contribution in [0.25, 0.3) is 22.8 Å². The smallest absolute Gasteiger partial charge is 0.164 e. The molecule has 0 saturated heterocycles. The van der Waals surface area contributed by atoms with Gasteiger partial charge < -0.3 is 0 Å². The first-order chi connectivity index (χ1) is 9.74. The molecule has 3 nitrogen and oxygen atoms in total. The van der Waals surface area contributed by atoms with Crippen molar-refractivity contribution < 1.29 is 0 Å². The molecule has 0 unspecified atom stereocenters. The Morgan fingerprint density at radius 3 is 2.30 bits per heavy atom. The van der Waals surface area contributed by atoms with Crippen molar-refractivity contribution in [1.29, 1.82) is 0 Å². The van der Waals surface area contributed by atoms with E-state index in [1.807, 2.05) is 30.3 Å². The molecule has 0 amide bonds. The predicted molar refractivity (Wildman–Crippen MR) is 80.7 cm³/mol. The maximum atomic E-state index is 6.18. The summed E-state index contributed by atoms with van der Waals surface area (Å²) in [4.78, 5) is 12.8. The van der Waals surface area contributed by atoms with E-state index < -0.39 is 0 Å². The van der Waals surface area contributed by atoms with Crippen LogP contribution in [-0.2, 0) is 0 Å². The van der Waals surface area contributed by atoms with E-state index in [4.69, 9.17) is 23.2 Å². The molecule has 1 heterocycles. The number of nitrogens with zero attached hydrogens (tertiary/aromatic N) is 3. The number of hydrogen-bond donors (Lipinski definition) is 0. The van der Waals surface area contributed by atoms with E-state index in [9.17, 15) is 0 Å². The first-order valence-corrected chi connectivity index (χ1v) is 6.69. The highest BCUT2D eigenvalue weighted by Gasteiger charge is 2.09. The first kappa shape index (κ1) is 13.0. The van der Waals surface area contributed by atoms with E-state index in [1.54, 1.807) is 18.2 Å². The van der Waals surface area contributed by atoms with Crippen LogP contribution >= 0.6 is 23.2 Å². The number of benzene rings is 2. The summed E-state index contributed by atoms with van der Waals surface area (Å²) in [5.41, 5.74) is 1.66. The highest BCUT2D eigenvalue weighted by atomic mass is 35.5. The molecule has 0 radical (unpaired) electrons. The van der Waals surface area contributed by atoms with E-state index in [1.165, 1.54) is 6.33 Å². The lowest BCUT2D eigenvalue weighted by Gasteiger charge is -2.05. The highest BCUT2D eigenvalue weighted by Crippen LogP contribution is 2.28. The average molecular weight is 302 g/mol. The summed E-state index contributed by atoms with van der Waals surface area (Å²) in [5.74, 6) is 1.14. The zero-order valence-corrected chi connectivity index (χ0v) is 11.8. The standard InChI is InChI=1S/C15H9Cl2N3/c16-11-6-7-12(13(17)8-11)15-19-9-18-14(20-15)10-4-2-1-3-5-10/h1-9H. The number of aromatic nitrogens is 3. The van der Waals surface area contributed by atoms with E-state index in [0.29, 0.717) is 21.7 Å². The molecule has 0 atom stereocenters. The topological polar surface area (TPSA) is 38.7 Å².